The minimum Gasteiger partial charge on any atom is -0.335 e. The van der Waals surface area contributed by atoms with E-state index in [9.17, 15) is 0 Å². The van der Waals surface area contributed by atoms with E-state index in [1.807, 2.05) is 50.6 Å². The average molecular weight is 664 g/mol. The minimum atomic E-state index is 0. The maximum absolute atomic E-state index is 3.05. The van der Waals surface area contributed by atoms with Crippen molar-refractivity contribution in [2.75, 3.05) is 0 Å². The monoisotopic (exact) mass is 662 g/mol. The summed E-state index contributed by atoms with van der Waals surface area (Å²) in [5, 5.41) is 5.37. The Balaban J connectivity index is 0.000000179. The van der Waals surface area contributed by atoms with E-state index in [1.165, 1.54) is 60.5 Å². The normalized spacial score (nSPS) is 9.82. The first-order chi connectivity index (χ1) is 21.0. The van der Waals surface area contributed by atoms with Crippen LogP contribution < -0.4 is 0 Å². The molecule has 0 spiro atoms. The molecule has 0 unspecified atom stereocenters. The van der Waals surface area contributed by atoms with Crippen molar-refractivity contribution >= 4 is 37.1 Å². The smallest absolute Gasteiger partial charge is 0.335 e. The van der Waals surface area contributed by atoms with Gasteiger partial charge in [0.2, 0.25) is 0 Å². The van der Waals surface area contributed by atoms with Crippen LogP contribution >= 0.6 is 0 Å². The Morgan fingerprint density at radius 3 is 1.23 bits per heavy atom. The summed E-state index contributed by atoms with van der Waals surface area (Å²) in [6, 6.07) is 53.2. The van der Waals surface area contributed by atoms with Crippen LogP contribution in [0.2, 0.25) is 0 Å². The predicted molar refractivity (Wildman–Crippen MR) is 194 cm³/mol. The molecule has 0 aliphatic rings. The fraction of sp³-hybridized carbons (Fsp3) is 0.0952. The minimum absolute atomic E-state index is 0. The zero-order valence-corrected chi connectivity index (χ0v) is 30.1. The van der Waals surface area contributed by atoms with Crippen LogP contribution in [0.1, 0.15) is 30.5 Å². The molecule has 0 fully saturated rings. The second-order valence-corrected chi connectivity index (χ2v) is 10.9. The summed E-state index contributed by atoms with van der Waals surface area (Å²) in [7, 11) is 1.73. The van der Waals surface area contributed by atoms with Gasteiger partial charge in [-0.2, -0.15) is 49.3 Å². The number of hydrogen-bond acceptors (Lipinski definition) is 0. The Morgan fingerprint density at radius 1 is 0.523 bits per heavy atom. The predicted octanol–water partition coefficient (Wildman–Crippen LogP) is 10.6. The second kappa shape index (κ2) is 18.2. The third kappa shape index (κ3) is 9.65. The summed E-state index contributed by atoms with van der Waals surface area (Å²) in [5.74, 6) is 0. The molecule has 7 aromatic carbocycles. The van der Waals surface area contributed by atoms with Crippen molar-refractivity contribution < 1.29 is 26.2 Å². The molecular weight excluding hydrogens is 624 g/mol. The maximum atomic E-state index is 3.05. The molecule has 7 aromatic rings. The van der Waals surface area contributed by atoms with Crippen molar-refractivity contribution in [3.8, 4) is 22.3 Å². The summed E-state index contributed by atoms with van der Waals surface area (Å²) in [4.78, 5) is 0. The summed E-state index contributed by atoms with van der Waals surface area (Å²) in [6.45, 7) is 8.30. The third-order valence-corrected chi connectivity index (χ3v) is 7.35. The van der Waals surface area contributed by atoms with E-state index in [1.54, 1.807) is 9.85 Å². The molecule has 0 saturated heterocycles. The van der Waals surface area contributed by atoms with Gasteiger partial charge in [-0.05, 0) is 11.1 Å². The number of hydrogen-bond donors (Lipinski definition) is 0. The molecule has 0 amide bonds. The van der Waals surface area contributed by atoms with Gasteiger partial charge in [0.25, 0.3) is 0 Å². The van der Waals surface area contributed by atoms with Crippen LogP contribution in [0.25, 0.3) is 43.8 Å². The first kappa shape index (κ1) is 34.8. The van der Waals surface area contributed by atoms with E-state index in [2.05, 4.69) is 141 Å². The largest absolute Gasteiger partial charge is 4.00 e. The maximum Gasteiger partial charge on any atom is 4.00 e. The molecule has 0 N–H and O–H groups in total. The van der Waals surface area contributed by atoms with Gasteiger partial charge in [-0.25, -0.2) is 0 Å². The van der Waals surface area contributed by atoms with E-state index in [4.69, 9.17) is 0 Å². The van der Waals surface area contributed by atoms with E-state index >= 15 is 0 Å². The number of aryl methyl sites for hydroxylation is 2. The van der Waals surface area contributed by atoms with Gasteiger partial charge in [-0.15, -0.1) is 81.2 Å². The number of benzene rings is 5. The fourth-order valence-electron chi connectivity index (χ4n) is 5.06. The van der Waals surface area contributed by atoms with Crippen LogP contribution in [0.15, 0.2) is 152 Å². The molecule has 0 nitrogen and oxygen atoms in total. The van der Waals surface area contributed by atoms with Gasteiger partial charge >= 0.3 is 26.2 Å². The number of fused-ring (bicyclic) bond motifs is 2. The summed E-state index contributed by atoms with van der Waals surface area (Å²) in [5.41, 5.74) is 12.1. The van der Waals surface area contributed by atoms with Gasteiger partial charge in [0.1, 0.15) is 0 Å². The van der Waals surface area contributed by atoms with Crippen molar-refractivity contribution in [2.45, 2.75) is 27.7 Å². The van der Waals surface area contributed by atoms with E-state index < -0.39 is 0 Å². The number of rotatable bonds is 3. The van der Waals surface area contributed by atoms with Gasteiger partial charge < -0.3 is 6.42 Å². The van der Waals surface area contributed by atoms with Crippen LogP contribution in [0, 0.1) is 20.3 Å². The van der Waals surface area contributed by atoms with Crippen molar-refractivity contribution in [1.29, 1.82) is 0 Å². The molecule has 0 bridgehead atoms. The molecule has 0 aromatic heterocycles. The topological polar surface area (TPSA) is 0 Å². The van der Waals surface area contributed by atoms with Gasteiger partial charge in [-0.3, -0.25) is 0 Å². The van der Waals surface area contributed by atoms with E-state index in [0.717, 1.165) is 0 Å². The Hall–Kier alpha value is -3.71. The molecule has 0 atom stereocenters. The van der Waals surface area contributed by atoms with Crippen molar-refractivity contribution in [3.63, 3.8) is 0 Å². The van der Waals surface area contributed by atoms with Crippen molar-refractivity contribution in [1.82, 2.24) is 0 Å². The first-order valence-corrected chi connectivity index (χ1v) is 15.5. The van der Waals surface area contributed by atoms with Gasteiger partial charge in [0.15, 0.2) is 0 Å². The van der Waals surface area contributed by atoms with E-state index in [0.29, 0.717) is 0 Å². The molecule has 0 heterocycles. The van der Waals surface area contributed by atoms with E-state index in [-0.39, 0.29) is 26.2 Å². The molecule has 44 heavy (non-hydrogen) atoms. The molecule has 0 saturated carbocycles. The Morgan fingerprint density at radius 2 is 0.886 bits per heavy atom. The van der Waals surface area contributed by atoms with Gasteiger partial charge in [0, 0.05) is 0 Å². The average Bonchev–Trinajstić information content (AvgIpc) is 3.64. The molecule has 216 valence electrons. The Kier molecular flexibility index (Phi) is 14.4. The van der Waals surface area contributed by atoms with Gasteiger partial charge in [0.05, 0.1) is 0 Å². The molecule has 0 aliphatic heterocycles. The SMILES string of the molecule is C[CH-]C.Cc1cc2c(-c3ccccc3)cccc2[cH-]1.Cc1cc2c(-c3ccccc3)cccc2[cH-]1.[SiH2]=[C-]c1ccccc1.[Zr+4]. The summed E-state index contributed by atoms with van der Waals surface area (Å²) >= 11 is 0. The van der Waals surface area contributed by atoms with Crippen LogP contribution in [-0.2, 0) is 26.2 Å². The summed E-state index contributed by atoms with van der Waals surface area (Å²) in [6.07, 6.45) is 2.00. The zero-order valence-electron chi connectivity index (χ0n) is 26.2. The molecular formula is C42H40SiZr. The molecule has 2 heteroatoms. The van der Waals surface area contributed by atoms with Gasteiger partial charge in [-0.1, -0.05) is 114 Å². The van der Waals surface area contributed by atoms with Crippen LogP contribution in [0.3, 0.4) is 0 Å². The molecule has 0 aliphatic carbocycles. The standard InChI is InChI=1S/2C16H13.C7H7Si.C3H7.Zr/c2*1-12-10-14-8-5-9-15(16(14)11-12)13-6-3-2-4-7-13;8-6-7-4-2-1-3-5-7;1-3-2;/h2*2-11H,1H3;1-5H,8H2;3H,1-2H3;/q4*-1;+4. The van der Waals surface area contributed by atoms with Crippen molar-refractivity contribution in [2.24, 2.45) is 0 Å². The quantitative estimate of drug-likeness (QED) is 0.130. The molecule has 7 rings (SSSR count). The Labute approximate surface area is 286 Å². The first-order valence-electron chi connectivity index (χ1n) is 14.8. The third-order valence-electron chi connectivity index (χ3n) is 6.94. The van der Waals surface area contributed by atoms with Crippen LogP contribution in [0.4, 0.5) is 0 Å². The molecule has 0 radical (unpaired) electrons. The second-order valence-electron chi connectivity index (χ2n) is 10.5. The van der Waals surface area contributed by atoms with Crippen molar-refractivity contribution in [3.05, 3.63) is 175 Å². The Bertz CT molecular complexity index is 1710. The van der Waals surface area contributed by atoms with Crippen LogP contribution in [0.5, 0.6) is 0 Å². The fourth-order valence-corrected chi connectivity index (χ4v) is 5.30. The zero-order chi connectivity index (χ0) is 30.4. The van der Waals surface area contributed by atoms with Crippen LogP contribution in [-0.4, -0.2) is 15.5 Å². The summed E-state index contributed by atoms with van der Waals surface area (Å²) < 4.78 is 0.